The van der Waals surface area contributed by atoms with Gasteiger partial charge in [0.2, 0.25) is 0 Å². The molecule has 4 nitrogen and oxygen atoms in total. The lowest BCUT2D eigenvalue weighted by atomic mass is 9.82. The predicted molar refractivity (Wildman–Crippen MR) is 88.0 cm³/mol. The molecule has 1 unspecified atom stereocenters. The number of nitrogens with two attached hydrogens (primary N) is 1. The van der Waals surface area contributed by atoms with Gasteiger partial charge in [-0.05, 0) is 49.4 Å². The highest BCUT2D eigenvalue weighted by atomic mass is 16.5. The van der Waals surface area contributed by atoms with Gasteiger partial charge in [-0.15, -0.1) is 0 Å². The fraction of sp³-hybridized carbons (Fsp3) is 0.471. The Kier molecular flexibility index (Phi) is 5.26. The third-order valence-electron chi connectivity index (χ3n) is 3.84. The monoisotopic (exact) mass is 287 g/mol. The van der Waals surface area contributed by atoms with Crippen molar-refractivity contribution in [2.24, 2.45) is 10.7 Å². The van der Waals surface area contributed by atoms with Crippen molar-refractivity contribution in [2.75, 3.05) is 20.2 Å². The third-order valence-corrected chi connectivity index (χ3v) is 3.84. The lowest BCUT2D eigenvalue weighted by molar-refractivity contribution is 0.412. The number of nitrogens with one attached hydrogen (secondary N) is 1. The highest BCUT2D eigenvalue weighted by Gasteiger charge is 2.20. The van der Waals surface area contributed by atoms with E-state index in [9.17, 15) is 0 Å². The molecule has 1 aliphatic carbocycles. The minimum atomic E-state index is 0.484. The number of aryl methyl sites for hydroxylation is 1. The number of benzene rings is 1. The summed E-state index contributed by atoms with van der Waals surface area (Å²) in [6.45, 7) is 7.17. The fourth-order valence-corrected chi connectivity index (χ4v) is 2.73. The first-order valence-corrected chi connectivity index (χ1v) is 7.45. The van der Waals surface area contributed by atoms with Crippen LogP contribution in [0.2, 0.25) is 0 Å². The van der Waals surface area contributed by atoms with E-state index in [-0.39, 0.29) is 0 Å². The number of aliphatic imine (C=N–C) groups is 1. The van der Waals surface area contributed by atoms with E-state index in [4.69, 9.17) is 10.5 Å². The average molecular weight is 287 g/mol. The lowest BCUT2D eigenvalue weighted by Gasteiger charge is -2.26. The summed E-state index contributed by atoms with van der Waals surface area (Å²) in [4.78, 5) is 4.26. The van der Waals surface area contributed by atoms with Crippen molar-refractivity contribution in [3.8, 4) is 5.75 Å². The molecular weight excluding hydrogens is 262 g/mol. The fourth-order valence-electron chi connectivity index (χ4n) is 2.73. The van der Waals surface area contributed by atoms with Gasteiger partial charge in [0.15, 0.2) is 5.96 Å². The van der Waals surface area contributed by atoms with Gasteiger partial charge in [0, 0.05) is 12.5 Å². The Balaban J connectivity index is 2.00. The first-order valence-electron chi connectivity index (χ1n) is 7.45. The molecule has 114 valence electrons. The van der Waals surface area contributed by atoms with Crippen LogP contribution in [-0.4, -0.2) is 26.2 Å². The molecule has 0 aliphatic heterocycles. The molecule has 0 spiro atoms. The Morgan fingerprint density at radius 3 is 3.05 bits per heavy atom. The summed E-state index contributed by atoms with van der Waals surface area (Å²) >= 11 is 0. The van der Waals surface area contributed by atoms with Gasteiger partial charge < -0.3 is 15.8 Å². The van der Waals surface area contributed by atoms with Crippen molar-refractivity contribution in [1.82, 2.24) is 5.32 Å². The summed E-state index contributed by atoms with van der Waals surface area (Å²) in [7, 11) is 1.71. The summed E-state index contributed by atoms with van der Waals surface area (Å²) in [5, 5.41) is 3.23. The Morgan fingerprint density at radius 1 is 1.52 bits per heavy atom. The second-order valence-electron chi connectivity index (χ2n) is 5.69. The topological polar surface area (TPSA) is 59.6 Å². The van der Waals surface area contributed by atoms with Crippen LogP contribution in [-0.2, 0) is 6.42 Å². The molecule has 0 radical (unpaired) electrons. The second-order valence-corrected chi connectivity index (χ2v) is 5.69. The van der Waals surface area contributed by atoms with Crippen molar-refractivity contribution in [1.29, 1.82) is 0 Å². The summed E-state index contributed by atoms with van der Waals surface area (Å²) in [5.74, 6) is 1.92. The standard InChI is InChI=1S/C17H25N3O/c1-12(2)10-19-17(18)20-11-14-6-4-5-13-9-15(21-3)7-8-16(13)14/h7-9,14H,1,4-6,10-11H2,2-3H3,(H3,18,19,20). The quantitative estimate of drug-likeness (QED) is 0.497. The van der Waals surface area contributed by atoms with Crippen molar-refractivity contribution >= 4 is 5.96 Å². The van der Waals surface area contributed by atoms with Gasteiger partial charge in [0.25, 0.3) is 0 Å². The molecule has 1 aromatic rings. The third kappa shape index (κ3) is 4.25. The average Bonchev–Trinajstić information content (AvgIpc) is 2.50. The van der Waals surface area contributed by atoms with Gasteiger partial charge in [-0.2, -0.15) is 0 Å². The first-order chi connectivity index (χ1) is 10.1. The van der Waals surface area contributed by atoms with Gasteiger partial charge in [0.05, 0.1) is 13.7 Å². The number of ether oxygens (including phenoxy) is 1. The molecule has 0 aromatic heterocycles. The molecule has 1 aromatic carbocycles. The van der Waals surface area contributed by atoms with E-state index < -0.39 is 0 Å². The number of methoxy groups -OCH3 is 1. The van der Waals surface area contributed by atoms with Crippen LogP contribution < -0.4 is 15.8 Å². The number of hydrogen-bond donors (Lipinski definition) is 2. The van der Waals surface area contributed by atoms with Crippen molar-refractivity contribution in [3.05, 3.63) is 41.5 Å². The van der Waals surface area contributed by atoms with Crippen LogP contribution in [0.15, 0.2) is 35.3 Å². The first kappa shape index (κ1) is 15.4. The zero-order chi connectivity index (χ0) is 15.2. The molecule has 3 N–H and O–H groups in total. The maximum absolute atomic E-state index is 5.88. The number of guanidine groups is 1. The van der Waals surface area contributed by atoms with E-state index in [1.165, 1.54) is 24.0 Å². The Morgan fingerprint density at radius 2 is 2.33 bits per heavy atom. The van der Waals surface area contributed by atoms with Gasteiger partial charge in [-0.3, -0.25) is 0 Å². The molecule has 1 aliphatic rings. The molecule has 0 saturated heterocycles. The van der Waals surface area contributed by atoms with Gasteiger partial charge in [-0.1, -0.05) is 18.2 Å². The smallest absolute Gasteiger partial charge is 0.188 e. The van der Waals surface area contributed by atoms with Gasteiger partial charge >= 0.3 is 0 Å². The minimum absolute atomic E-state index is 0.484. The summed E-state index contributed by atoms with van der Waals surface area (Å²) in [6, 6.07) is 6.37. The van der Waals surface area contributed by atoms with E-state index in [1.54, 1.807) is 7.11 Å². The normalized spacial score (nSPS) is 18.0. The summed E-state index contributed by atoms with van der Waals surface area (Å²) in [6.07, 6.45) is 3.51. The zero-order valence-electron chi connectivity index (χ0n) is 13.0. The van der Waals surface area contributed by atoms with Crippen LogP contribution in [0.25, 0.3) is 0 Å². The van der Waals surface area contributed by atoms with E-state index in [1.807, 2.05) is 13.0 Å². The molecule has 0 bridgehead atoms. The Hall–Kier alpha value is -1.97. The van der Waals surface area contributed by atoms with E-state index >= 15 is 0 Å². The molecule has 2 rings (SSSR count). The molecule has 0 amide bonds. The SMILES string of the molecule is C=C(C)CN=C(N)NCC1CCCc2cc(OC)ccc21. The highest BCUT2D eigenvalue weighted by molar-refractivity contribution is 5.78. The molecular formula is C17H25N3O. The van der Waals surface area contributed by atoms with Crippen LogP contribution in [0.5, 0.6) is 5.75 Å². The summed E-state index contributed by atoms with van der Waals surface area (Å²) < 4.78 is 5.31. The van der Waals surface area contributed by atoms with Gasteiger partial charge in [-0.25, -0.2) is 4.99 Å². The molecule has 0 fully saturated rings. The number of hydrogen-bond acceptors (Lipinski definition) is 2. The Bertz CT molecular complexity index is 537. The maximum atomic E-state index is 5.88. The number of rotatable bonds is 5. The molecule has 0 saturated carbocycles. The lowest BCUT2D eigenvalue weighted by Crippen LogP contribution is -2.35. The second kappa shape index (κ2) is 7.16. The Labute approximate surface area is 127 Å². The van der Waals surface area contributed by atoms with Crippen LogP contribution in [0.3, 0.4) is 0 Å². The number of fused-ring (bicyclic) bond motifs is 1. The minimum Gasteiger partial charge on any atom is -0.497 e. The van der Waals surface area contributed by atoms with Crippen molar-refractivity contribution in [2.45, 2.75) is 32.1 Å². The summed E-state index contributed by atoms with van der Waals surface area (Å²) in [5.41, 5.74) is 9.69. The molecule has 4 heteroatoms. The van der Waals surface area contributed by atoms with Gasteiger partial charge in [0.1, 0.15) is 5.75 Å². The van der Waals surface area contributed by atoms with Crippen LogP contribution in [0.4, 0.5) is 0 Å². The van der Waals surface area contributed by atoms with Crippen molar-refractivity contribution in [3.63, 3.8) is 0 Å². The van der Waals surface area contributed by atoms with Crippen LogP contribution in [0, 0.1) is 0 Å². The van der Waals surface area contributed by atoms with Crippen LogP contribution >= 0.6 is 0 Å². The molecule has 0 heterocycles. The molecule has 1 atom stereocenters. The predicted octanol–water partition coefficient (Wildman–Crippen LogP) is 2.60. The van der Waals surface area contributed by atoms with Crippen LogP contribution in [0.1, 0.15) is 36.8 Å². The molecule has 21 heavy (non-hydrogen) atoms. The number of nitrogens with zero attached hydrogens (tertiary/aromatic N) is 1. The van der Waals surface area contributed by atoms with E-state index in [0.29, 0.717) is 18.4 Å². The zero-order valence-corrected chi connectivity index (χ0v) is 13.0. The highest BCUT2D eigenvalue weighted by Crippen LogP contribution is 2.33. The van der Waals surface area contributed by atoms with Crippen molar-refractivity contribution < 1.29 is 4.74 Å². The largest absolute Gasteiger partial charge is 0.497 e. The van der Waals surface area contributed by atoms with E-state index in [0.717, 1.165) is 24.3 Å². The maximum Gasteiger partial charge on any atom is 0.188 e. The van der Waals surface area contributed by atoms with E-state index in [2.05, 4.69) is 29.0 Å².